The summed E-state index contributed by atoms with van der Waals surface area (Å²) in [7, 11) is 0. The van der Waals surface area contributed by atoms with Crippen LogP contribution in [-0.4, -0.2) is 15.1 Å². The Kier molecular flexibility index (Phi) is 5.83. The molecule has 0 aliphatic carbocycles. The van der Waals surface area contributed by atoms with Gasteiger partial charge in [-0.3, -0.25) is 9.69 Å². The van der Waals surface area contributed by atoms with Crippen molar-refractivity contribution in [3.63, 3.8) is 0 Å². The number of halogens is 2. The predicted octanol–water partition coefficient (Wildman–Crippen LogP) is 7.22. The zero-order chi connectivity index (χ0) is 20.5. The number of rotatable bonds is 4. The number of hydrogen-bond donors (Lipinski definition) is 0. The molecule has 29 heavy (non-hydrogen) atoms. The summed E-state index contributed by atoms with van der Waals surface area (Å²) in [5.74, 6) is 0.996. The van der Waals surface area contributed by atoms with Crippen LogP contribution in [0.5, 0.6) is 0 Å². The monoisotopic (exact) mass is 459 g/mol. The van der Waals surface area contributed by atoms with Crippen molar-refractivity contribution in [3.05, 3.63) is 86.9 Å². The number of amides is 1. The molecule has 2 aromatic carbocycles. The van der Waals surface area contributed by atoms with E-state index in [2.05, 4.69) is 0 Å². The molecule has 0 saturated carbocycles. The van der Waals surface area contributed by atoms with Gasteiger partial charge in [0.05, 0.1) is 16.0 Å². The van der Waals surface area contributed by atoms with Crippen molar-refractivity contribution < 1.29 is 9.21 Å². The molecular formula is C22H15Cl2NO2S2. The van der Waals surface area contributed by atoms with Gasteiger partial charge in [-0.1, -0.05) is 77.5 Å². The van der Waals surface area contributed by atoms with Gasteiger partial charge in [0.15, 0.2) is 0 Å². The molecule has 0 radical (unpaired) electrons. The molecule has 0 spiro atoms. The number of carbonyl (C=O) groups is 1. The van der Waals surface area contributed by atoms with E-state index in [0.29, 0.717) is 36.4 Å². The molecule has 1 fully saturated rings. The van der Waals surface area contributed by atoms with Crippen molar-refractivity contribution in [2.24, 2.45) is 0 Å². The predicted molar refractivity (Wildman–Crippen MR) is 124 cm³/mol. The second kappa shape index (κ2) is 8.36. The van der Waals surface area contributed by atoms with Gasteiger partial charge in [0, 0.05) is 16.7 Å². The molecule has 3 aromatic rings. The van der Waals surface area contributed by atoms with Crippen LogP contribution in [0.1, 0.15) is 24.3 Å². The summed E-state index contributed by atoms with van der Waals surface area (Å²) in [6.45, 7) is 1.97. The minimum Gasteiger partial charge on any atom is -0.457 e. The largest absolute Gasteiger partial charge is 0.457 e. The average molecular weight is 460 g/mol. The van der Waals surface area contributed by atoms with Crippen LogP contribution in [0.4, 0.5) is 0 Å². The van der Waals surface area contributed by atoms with E-state index in [1.54, 1.807) is 41.3 Å². The number of carbonyl (C=O) groups excluding carboxylic acids is 1. The highest BCUT2D eigenvalue weighted by Crippen LogP contribution is 2.39. The second-order valence-electron chi connectivity index (χ2n) is 6.46. The summed E-state index contributed by atoms with van der Waals surface area (Å²) in [4.78, 5) is 15.1. The van der Waals surface area contributed by atoms with Gasteiger partial charge in [0.25, 0.3) is 5.91 Å². The van der Waals surface area contributed by atoms with Crippen LogP contribution in [0.15, 0.2) is 70.0 Å². The van der Waals surface area contributed by atoms with Gasteiger partial charge in [-0.25, -0.2) is 0 Å². The SMILES string of the molecule is CC(c1ccccc1)N1C(=O)/C(=C\c2ccc(-c3cc(Cl)ccc3Cl)o2)SC1=S. The zero-order valence-corrected chi connectivity index (χ0v) is 18.4. The second-order valence-corrected chi connectivity index (χ2v) is 8.98. The summed E-state index contributed by atoms with van der Waals surface area (Å²) in [5, 5.41) is 1.11. The van der Waals surface area contributed by atoms with Gasteiger partial charge < -0.3 is 4.42 Å². The summed E-state index contributed by atoms with van der Waals surface area (Å²) in [5.41, 5.74) is 1.73. The molecule has 3 nitrogen and oxygen atoms in total. The Balaban J connectivity index is 1.60. The lowest BCUT2D eigenvalue weighted by molar-refractivity contribution is -0.123. The fourth-order valence-electron chi connectivity index (χ4n) is 3.09. The number of nitrogens with zero attached hydrogens (tertiary/aromatic N) is 1. The van der Waals surface area contributed by atoms with Crippen LogP contribution in [0.2, 0.25) is 10.0 Å². The van der Waals surface area contributed by atoms with Gasteiger partial charge >= 0.3 is 0 Å². The van der Waals surface area contributed by atoms with E-state index in [0.717, 1.165) is 5.56 Å². The van der Waals surface area contributed by atoms with Crippen molar-refractivity contribution in [1.82, 2.24) is 4.90 Å². The molecule has 1 atom stereocenters. The molecule has 1 saturated heterocycles. The molecule has 146 valence electrons. The molecule has 7 heteroatoms. The normalized spacial score (nSPS) is 16.7. The van der Waals surface area contributed by atoms with Crippen molar-refractivity contribution in [1.29, 1.82) is 0 Å². The number of thiocarbonyl (C=S) groups is 1. The maximum Gasteiger partial charge on any atom is 0.266 e. The zero-order valence-electron chi connectivity index (χ0n) is 15.3. The lowest BCUT2D eigenvalue weighted by Crippen LogP contribution is -2.30. The topological polar surface area (TPSA) is 33.5 Å². The molecule has 0 N–H and O–H groups in total. The van der Waals surface area contributed by atoms with E-state index in [-0.39, 0.29) is 11.9 Å². The van der Waals surface area contributed by atoms with Crippen molar-refractivity contribution in [2.75, 3.05) is 0 Å². The highest BCUT2D eigenvalue weighted by molar-refractivity contribution is 8.26. The Bertz CT molecular complexity index is 1120. The quantitative estimate of drug-likeness (QED) is 0.304. The molecule has 2 heterocycles. The Labute approximate surface area is 188 Å². The highest BCUT2D eigenvalue weighted by atomic mass is 35.5. The van der Waals surface area contributed by atoms with Gasteiger partial charge in [0.1, 0.15) is 15.8 Å². The van der Waals surface area contributed by atoms with Crippen LogP contribution >= 0.6 is 47.2 Å². The first-order valence-electron chi connectivity index (χ1n) is 8.81. The molecule has 0 bridgehead atoms. The maximum atomic E-state index is 13.0. The molecule has 1 amide bonds. The van der Waals surface area contributed by atoms with Crippen molar-refractivity contribution in [2.45, 2.75) is 13.0 Å². The average Bonchev–Trinajstić information content (AvgIpc) is 3.28. The molecule has 1 unspecified atom stereocenters. The fourth-order valence-corrected chi connectivity index (χ4v) is 4.87. The Morgan fingerprint density at radius 2 is 1.86 bits per heavy atom. The van der Waals surface area contributed by atoms with Crippen LogP contribution < -0.4 is 0 Å². The van der Waals surface area contributed by atoms with Gasteiger partial charge in [-0.15, -0.1) is 0 Å². The summed E-state index contributed by atoms with van der Waals surface area (Å²) in [6.07, 6.45) is 1.71. The Morgan fingerprint density at radius 1 is 1.10 bits per heavy atom. The number of hydrogen-bond acceptors (Lipinski definition) is 4. The lowest BCUT2D eigenvalue weighted by atomic mass is 10.1. The van der Waals surface area contributed by atoms with E-state index in [1.165, 1.54) is 11.8 Å². The first kappa shape index (κ1) is 20.2. The first-order valence-corrected chi connectivity index (χ1v) is 10.8. The summed E-state index contributed by atoms with van der Waals surface area (Å²) in [6, 6.07) is 18.4. The number of benzene rings is 2. The van der Waals surface area contributed by atoms with Crippen LogP contribution in [0.3, 0.4) is 0 Å². The molecule has 1 aliphatic rings. The van der Waals surface area contributed by atoms with E-state index < -0.39 is 0 Å². The highest BCUT2D eigenvalue weighted by Gasteiger charge is 2.36. The first-order chi connectivity index (χ1) is 13.9. The van der Waals surface area contributed by atoms with Crippen molar-refractivity contribution in [3.8, 4) is 11.3 Å². The smallest absolute Gasteiger partial charge is 0.266 e. The fraction of sp³-hybridized carbons (Fsp3) is 0.0909. The van der Waals surface area contributed by atoms with Crippen molar-refractivity contribution >= 4 is 63.5 Å². The molecule has 4 rings (SSSR count). The number of thioether (sulfide) groups is 1. The molecular weight excluding hydrogens is 445 g/mol. The van der Waals surface area contributed by atoms with E-state index >= 15 is 0 Å². The van der Waals surface area contributed by atoms with Gasteiger partial charge in [-0.2, -0.15) is 0 Å². The number of furan rings is 1. The van der Waals surface area contributed by atoms with E-state index in [1.807, 2.05) is 37.3 Å². The minimum absolute atomic E-state index is 0.130. The maximum absolute atomic E-state index is 13.0. The Hall–Kier alpha value is -2.05. The van der Waals surface area contributed by atoms with Gasteiger partial charge in [-0.05, 0) is 42.8 Å². The van der Waals surface area contributed by atoms with E-state index in [4.69, 9.17) is 39.8 Å². The summed E-state index contributed by atoms with van der Waals surface area (Å²) < 4.78 is 6.41. The third-order valence-electron chi connectivity index (χ3n) is 4.59. The minimum atomic E-state index is -0.146. The van der Waals surface area contributed by atoms with Crippen LogP contribution in [-0.2, 0) is 4.79 Å². The van der Waals surface area contributed by atoms with Crippen LogP contribution in [0, 0.1) is 0 Å². The van der Waals surface area contributed by atoms with Gasteiger partial charge in [0.2, 0.25) is 0 Å². The molecule has 1 aromatic heterocycles. The molecule has 1 aliphatic heterocycles. The van der Waals surface area contributed by atoms with E-state index in [9.17, 15) is 4.79 Å². The Morgan fingerprint density at radius 3 is 2.62 bits per heavy atom. The third kappa shape index (κ3) is 4.14. The lowest BCUT2D eigenvalue weighted by Gasteiger charge is -2.23. The third-order valence-corrected chi connectivity index (χ3v) is 6.48. The van der Waals surface area contributed by atoms with Crippen LogP contribution in [0.25, 0.3) is 17.4 Å². The standard InChI is InChI=1S/C22H15Cl2NO2S2/c1-13(14-5-3-2-4-6-14)25-21(26)20(29-22(25)28)12-16-8-10-19(27-16)17-11-15(23)7-9-18(17)24/h2-13H,1H3/b20-12+. The summed E-state index contributed by atoms with van der Waals surface area (Å²) >= 11 is 19.0.